The molecule has 1 aromatic rings. The Kier molecular flexibility index (Phi) is 8.38. The standard InChI is InChI=1S/C17H24F2N2O3.ClH/c1-4-23-15-7-12(5-6-14(15)24-17(18)19)10-21(3)16(22)11(2)13-8-20-9-13;/h5-7,11,13,17,20H,4,8-10H2,1-3H3;1H. The van der Waals surface area contributed by atoms with Gasteiger partial charge in [0.25, 0.3) is 0 Å². The van der Waals surface area contributed by atoms with Crippen molar-refractivity contribution < 1.29 is 23.0 Å². The lowest BCUT2D eigenvalue weighted by Crippen LogP contribution is -2.49. The second-order valence-electron chi connectivity index (χ2n) is 5.99. The maximum atomic E-state index is 12.4. The molecule has 1 unspecified atom stereocenters. The molecule has 8 heteroatoms. The second-order valence-corrected chi connectivity index (χ2v) is 5.99. The number of ether oxygens (including phenoxy) is 2. The summed E-state index contributed by atoms with van der Waals surface area (Å²) in [4.78, 5) is 14.1. The topological polar surface area (TPSA) is 50.8 Å². The van der Waals surface area contributed by atoms with Crippen molar-refractivity contribution in [1.82, 2.24) is 10.2 Å². The molecule has 0 saturated carbocycles. The van der Waals surface area contributed by atoms with Gasteiger partial charge >= 0.3 is 6.61 Å². The van der Waals surface area contributed by atoms with Crippen LogP contribution in [-0.4, -0.2) is 44.2 Å². The molecule has 1 saturated heterocycles. The summed E-state index contributed by atoms with van der Waals surface area (Å²) in [5, 5.41) is 3.17. The minimum absolute atomic E-state index is 0. The van der Waals surface area contributed by atoms with Gasteiger partial charge in [-0.2, -0.15) is 8.78 Å². The summed E-state index contributed by atoms with van der Waals surface area (Å²) >= 11 is 0. The van der Waals surface area contributed by atoms with Gasteiger partial charge in [-0.1, -0.05) is 13.0 Å². The molecule has 0 radical (unpaired) electrons. The van der Waals surface area contributed by atoms with Gasteiger partial charge in [0.15, 0.2) is 11.5 Å². The van der Waals surface area contributed by atoms with E-state index in [1.165, 1.54) is 6.07 Å². The summed E-state index contributed by atoms with van der Waals surface area (Å²) in [6.07, 6.45) is 0. The predicted octanol–water partition coefficient (Wildman–Crippen LogP) is 2.92. The maximum absolute atomic E-state index is 12.4. The molecule has 1 aliphatic rings. The molecule has 0 aliphatic carbocycles. The van der Waals surface area contributed by atoms with E-state index in [1.54, 1.807) is 31.0 Å². The van der Waals surface area contributed by atoms with Crippen LogP contribution < -0.4 is 14.8 Å². The van der Waals surface area contributed by atoms with Crippen molar-refractivity contribution in [3.8, 4) is 11.5 Å². The van der Waals surface area contributed by atoms with Gasteiger partial charge in [0.05, 0.1) is 6.61 Å². The normalized spacial score (nSPS) is 15.1. The Morgan fingerprint density at radius 1 is 1.36 bits per heavy atom. The molecule has 2 rings (SSSR count). The summed E-state index contributed by atoms with van der Waals surface area (Å²) in [5.41, 5.74) is 0.801. The minimum atomic E-state index is -2.91. The van der Waals surface area contributed by atoms with Crippen LogP contribution >= 0.6 is 12.4 Å². The first-order valence-corrected chi connectivity index (χ1v) is 8.08. The summed E-state index contributed by atoms with van der Waals surface area (Å²) in [6.45, 7) is 3.26. The van der Waals surface area contributed by atoms with E-state index in [0.717, 1.165) is 18.7 Å². The van der Waals surface area contributed by atoms with Gasteiger partial charge in [0.2, 0.25) is 5.91 Å². The first-order chi connectivity index (χ1) is 11.4. The smallest absolute Gasteiger partial charge is 0.387 e. The number of carbonyl (C=O) groups excluding carboxylic acids is 1. The Labute approximate surface area is 153 Å². The molecule has 142 valence electrons. The van der Waals surface area contributed by atoms with Crippen LogP contribution in [0, 0.1) is 11.8 Å². The number of nitrogens with zero attached hydrogens (tertiary/aromatic N) is 1. The first-order valence-electron chi connectivity index (χ1n) is 8.08. The lowest BCUT2D eigenvalue weighted by atomic mass is 9.88. The first kappa shape index (κ1) is 21.4. The quantitative estimate of drug-likeness (QED) is 0.755. The number of halogens is 3. The van der Waals surface area contributed by atoms with Crippen molar-refractivity contribution in [2.75, 3.05) is 26.7 Å². The maximum Gasteiger partial charge on any atom is 0.387 e. The third-order valence-electron chi connectivity index (χ3n) is 4.23. The molecular formula is C17H25ClF2N2O3. The number of carbonyl (C=O) groups is 1. The van der Waals surface area contributed by atoms with E-state index in [1.807, 2.05) is 6.92 Å². The van der Waals surface area contributed by atoms with E-state index >= 15 is 0 Å². The van der Waals surface area contributed by atoms with Crippen LogP contribution in [0.25, 0.3) is 0 Å². The SMILES string of the molecule is CCOc1cc(CN(C)C(=O)C(C)C2CNC2)ccc1OC(F)F.Cl. The fourth-order valence-electron chi connectivity index (χ4n) is 2.68. The zero-order valence-corrected chi connectivity index (χ0v) is 15.4. The number of hydrogen-bond donors (Lipinski definition) is 1. The number of hydrogen-bond acceptors (Lipinski definition) is 4. The average molecular weight is 379 g/mol. The average Bonchev–Trinajstić information content (AvgIpc) is 2.47. The largest absolute Gasteiger partial charge is 0.490 e. The Morgan fingerprint density at radius 2 is 2.04 bits per heavy atom. The Morgan fingerprint density at radius 3 is 2.56 bits per heavy atom. The lowest BCUT2D eigenvalue weighted by Gasteiger charge is -2.34. The van der Waals surface area contributed by atoms with Gasteiger partial charge in [0.1, 0.15) is 0 Å². The number of benzene rings is 1. The molecule has 1 heterocycles. The molecule has 1 aliphatic heterocycles. The highest BCUT2D eigenvalue weighted by Crippen LogP contribution is 2.30. The van der Waals surface area contributed by atoms with Crippen LogP contribution in [0.3, 0.4) is 0 Å². The zero-order chi connectivity index (χ0) is 17.7. The van der Waals surface area contributed by atoms with E-state index in [-0.39, 0.29) is 35.7 Å². The van der Waals surface area contributed by atoms with Crippen LogP contribution in [0.1, 0.15) is 19.4 Å². The number of amides is 1. The van der Waals surface area contributed by atoms with Crippen molar-refractivity contribution in [2.45, 2.75) is 27.0 Å². The fraction of sp³-hybridized carbons (Fsp3) is 0.588. The third kappa shape index (κ3) is 5.71. The molecule has 0 spiro atoms. The van der Waals surface area contributed by atoms with Crippen molar-refractivity contribution in [3.63, 3.8) is 0 Å². The van der Waals surface area contributed by atoms with Crippen molar-refractivity contribution in [2.24, 2.45) is 11.8 Å². The molecule has 1 N–H and O–H groups in total. The summed E-state index contributed by atoms with van der Waals surface area (Å²) in [6, 6.07) is 4.75. The van der Waals surface area contributed by atoms with Gasteiger partial charge in [-0.05, 0) is 43.6 Å². The van der Waals surface area contributed by atoms with Crippen LogP contribution in [0.2, 0.25) is 0 Å². The molecule has 1 atom stereocenters. The molecule has 1 fully saturated rings. The second kappa shape index (κ2) is 9.77. The van der Waals surface area contributed by atoms with Gasteiger partial charge in [-0.3, -0.25) is 4.79 Å². The van der Waals surface area contributed by atoms with Crippen LogP contribution in [0.5, 0.6) is 11.5 Å². The molecule has 5 nitrogen and oxygen atoms in total. The molecular weight excluding hydrogens is 354 g/mol. The highest BCUT2D eigenvalue weighted by Gasteiger charge is 2.30. The van der Waals surface area contributed by atoms with Gasteiger partial charge in [0, 0.05) is 19.5 Å². The third-order valence-corrected chi connectivity index (χ3v) is 4.23. The van der Waals surface area contributed by atoms with E-state index in [0.29, 0.717) is 19.1 Å². The Bertz CT molecular complexity index is 571. The minimum Gasteiger partial charge on any atom is -0.490 e. The lowest BCUT2D eigenvalue weighted by molar-refractivity contribution is -0.136. The number of alkyl halides is 2. The monoisotopic (exact) mass is 378 g/mol. The molecule has 25 heavy (non-hydrogen) atoms. The molecule has 0 bridgehead atoms. The number of nitrogens with one attached hydrogen (secondary N) is 1. The molecule has 1 amide bonds. The Hall–Kier alpha value is -1.60. The highest BCUT2D eigenvalue weighted by atomic mass is 35.5. The summed E-state index contributed by atoms with van der Waals surface area (Å²) < 4.78 is 34.7. The van der Waals surface area contributed by atoms with Crippen molar-refractivity contribution in [1.29, 1.82) is 0 Å². The van der Waals surface area contributed by atoms with Crippen LogP contribution in [0.15, 0.2) is 18.2 Å². The molecule has 1 aromatic carbocycles. The van der Waals surface area contributed by atoms with E-state index in [2.05, 4.69) is 10.1 Å². The van der Waals surface area contributed by atoms with Crippen LogP contribution in [-0.2, 0) is 11.3 Å². The van der Waals surface area contributed by atoms with E-state index < -0.39 is 6.61 Å². The fourth-order valence-corrected chi connectivity index (χ4v) is 2.68. The zero-order valence-electron chi connectivity index (χ0n) is 14.6. The van der Waals surface area contributed by atoms with Gasteiger partial charge < -0.3 is 19.7 Å². The highest BCUT2D eigenvalue weighted by molar-refractivity contribution is 5.85. The van der Waals surface area contributed by atoms with E-state index in [9.17, 15) is 13.6 Å². The molecule has 0 aromatic heterocycles. The van der Waals surface area contributed by atoms with Gasteiger partial charge in [-0.15, -0.1) is 12.4 Å². The van der Waals surface area contributed by atoms with E-state index in [4.69, 9.17) is 4.74 Å². The Balaban J connectivity index is 0.00000312. The van der Waals surface area contributed by atoms with Crippen LogP contribution in [0.4, 0.5) is 8.78 Å². The predicted molar refractivity (Wildman–Crippen MR) is 93.5 cm³/mol. The van der Waals surface area contributed by atoms with Gasteiger partial charge in [-0.25, -0.2) is 0 Å². The van der Waals surface area contributed by atoms with Crippen molar-refractivity contribution >= 4 is 18.3 Å². The van der Waals surface area contributed by atoms with Crippen molar-refractivity contribution in [3.05, 3.63) is 23.8 Å². The summed E-state index contributed by atoms with van der Waals surface area (Å²) in [7, 11) is 1.74. The summed E-state index contributed by atoms with van der Waals surface area (Å²) in [5.74, 6) is 0.669. The number of rotatable bonds is 8.